The molecule has 0 saturated carbocycles. The zero-order chi connectivity index (χ0) is 18.4. The molecule has 0 fully saturated rings. The number of nitrogens with zero attached hydrogens (tertiary/aromatic N) is 2. The van der Waals surface area contributed by atoms with Gasteiger partial charge in [0.25, 0.3) is 5.89 Å². The van der Waals surface area contributed by atoms with Gasteiger partial charge in [-0.25, -0.2) is 0 Å². The molecule has 0 aliphatic carbocycles. The molecule has 0 N–H and O–H groups in total. The lowest BCUT2D eigenvalue weighted by atomic mass is 10.2. The normalized spacial score (nSPS) is 10.4. The fraction of sp³-hybridized carbons (Fsp3) is 0.211. The maximum Gasteiger partial charge on any atom is 0.264 e. The van der Waals surface area contributed by atoms with Crippen molar-refractivity contribution in [2.45, 2.75) is 13.5 Å². The van der Waals surface area contributed by atoms with Crippen LogP contribution in [0.4, 0.5) is 0 Å². The van der Waals surface area contributed by atoms with Gasteiger partial charge in [-0.05, 0) is 37.3 Å². The lowest BCUT2D eigenvalue weighted by molar-refractivity contribution is 0.112. The first-order chi connectivity index (χ1) is 12.7. The quantitative estimate of drug-likeness (QED) is 0.572. The molecule has 3 rings (SSSR count). The number of aldehydes is 1. The van der Waals surface area contributed by atoms with E-state index in [0.29, 0.717) is 41.1 Å². The van der Waals surface area contributed by atoms with Gasteiger partial charge in [-0.1, -0.05) is 17.3 Å². The third-order valence-electron chi connectivity index (χ3n) is 3.57. The number of ether oxygens (including phenoxy) is 3. The minimum absolute atomic E-state index is 0.0700. The molecule has 0 saturated heterocycles. The van der Waals surface area contributed by atoms with Gasteiger partial charge in [0.2, 0.25) is 5.82 Å². The minimum Gasteiger partial charge on any atom is -0.493 e. The fourth-order valence-corrected chi connectivity index (χ4v) is 2.37. The van der Waals surface area contributed by atoms with E-state index >= 15 is 0 Å². The Morgan fingerprint density at radius 3 is 2.69 bits per heavy atom. The van der Waals surface area contributed by atoms with Gasteiger partial charge in [-0.3, -0.25) is 4.79 Å². The molecule has 0 atom stereocenters. The Balaban J connectivity index is 1.75. The highest BCUT2D eigenvalue weighted by atomic mass is 16.5. The van der Waals surface area contributed by atoms with Crippen molar-refractivity contribution in [3.8, 4) is 28.6 Å². The van der Waals surface area contributed by atoms with Gasteiger partial charge in [0.15, 0.2) is 18.1 Å². The number of carbonyl (C=O) groups excluding carboxylic acids is 1. The van der Waals surface area contributed by atoms with Crippen LogP contribution in [0.15, 0.2) is 47.0 Å². The Hall–Kier alpha value is -3.35. The number of hydrogen-bond donors (Lipinski definition) is 0. The standard InChI is InChI=1S/C19H18N2O5/c1-3-24-15-7-5-4-6-14(15)19-20-18(26-21-19)12-25-16-9-8-13(11-22)10-17(16)23-2/h4-11H,3,12H2,1-2H3. The largest absolute Gasteiger partial charge is 0.493 e. The van der Waals surface area contributed by atoms with E-state index in [1.807, 2.05) is 31.2 Å². The predicted molar refractivity (Wildman–Crippen MR) is 93.6 cm³/mol. The molecule has 0 unspecified atom stereocenters. The molecule has 0 aliphatic heterocycles. The molecule has 0 aliphatic rings. The minimum atomic E-state index is 0.0700. The van der Waals surface area contributed by atoms with Crippen LogP contribution in [-0.2, 0) is 6.61 Å². The van der Waals surface area contributed by atoms with Gasteiger partial charge in [-0.2, -0.15) is 4.98 Å². The van der Waals surface area contributed by atoms with E-state index in [0.717, 1.165) is 11.8 Å². The van der Waals surface area contributed by atoms with Crippen LogP contribution in [0.3, 0.4) is 0 Å². The lowest BCUT2D eigenvalue weighted by Crippen LogP contribution is -1.99. The third-order valence-corrected chi connectivity index (χ3v) is 3.57. The first-order valence-corrected chi connectivity index (χ1v) is 8.06. The van der Waals surface area contributed by atoms with Crippen LogP contribution >= 0.6 is 0 Å². The second-order valence-electron chi connectivity index (χ2n) is 5.26. The van der Waals surface area contributed by atoms with Crippen LogP contribution in [0.5, 0.6) is 17.2 Å². The molecule has 3 aromatic rings. The highest BCUT2D eigenvalue weighted by Gasteiger charge is 2.14. The maximum atomic E-state index is 10.8. The van der Waals surface area contributed by atoms with Gasteiger partial charge in [-0.15, -0.1) is 0 Å². The van der Waals surface area contributed by atoms with Crippen LogP contribution in [0.1, 0.15) is 23.2 Å². The van der Waals surface area contributed by atoms with E-state index in [1.165, 1.54) is 7.11 Å². The number of rotatable bonds is 8. The van der Waals surface area contributed by atoms with Crippen molar-refractivity contribution in [1.82, 2.24) is 10.1 Å². The van der Waals surface area contributed by atoms with Gasteiger partial charge in [0.1, 0.15) is 12.0 Å². The third kappa shape index (κ3) is 3.83. The molecule has 0 radical (unpaired) electrons. The summed E-state index contributed by atoms with van der Waals surface area (Å²) < 4.78 is 21.7. The van der Waals surface area contributed by atoms with Crippen molar-refractivity contribution in [2.24, 2.45) is 0 Å². The maximum absolute atomic E-state index is 10.8. The number of para-hydroxylation sites is 1. The van der Waals surface area contributed by atoms with Crippen LogP contribution in [-0.4, -0.2) is 30.1 Å². The number of hydrogen-bond acceptors (Lipinski definition) is 7. The molecule has 134 valence electrons. The molecular weight excluding hydrogens is 336 g/mol. The Morgan fingerprint density at radius 1 is 1.08 bits per heavy atom. The monoisotopic (exact) mass is 354 g/mol. The molecule has 7 nitrogen and oxygen atoms in total. The highest BCUT2D eigenvalue weighted by molar-refractivity contribution is 5.76. The van der Waals surface area contributed by atoms with Crippen molar-refractivity contribution < 1.29 is 23.5 Å². The fourth-order valence-electron chi connectivity index (χ4n) is 2.37. The molecule has 0 amide bonds. The first-order valence-electron chi connectivity index (χ1n) is 8.06. The summed E-state index contributed by atoms with van der Waals surface area (Å²) in [6.07, 6.45) is 0.742. The molecule has 7 heteroatoms. The summed E-state index contributed by atoms with van der Waals surface area (Å²) in [6.45, 7) is 2.53. The van der Waals surface area contributed by atoms with E-state index in [9.17, 15) is 4.79 Å². The number of methoxy groups -OCH3 is 1. The Bertz CT molecular complexity index is 891. The molecular formula is C19H18N2O5. The summed E-state index contributed by atoms with van der Waals surface area (Å²) in [7, 11) is 1.51. The Morgan fingerprint density at radius 2 is 1.92 bits per heavy atom. The van der Waals surface area contributed by atoms with Crippen LogP contribution < -0.4 is 14.2 Å². The van der Waals surface area contributed by atoms with Crippen molar-refractivity contribution in [1.29, 1.82) is 0 Å². The van der Waals surface area contributed by atoms with Gasteiger partial charge < -0.3 is 18.7 Å². The molecule has 1 heterocycles. The molecule has 26 heavy (non-hydrogen) atoms. The van der Waals surface area contributed by atoms with Gasteiger partial charge in [0, 0.05) is 5.56 Å². The summed E-state index contributed by atoms with van der Waals surface area (Å²) in [6, 6.07) is 12.4. The second-order valence-corrected chi connectivity index (χ2v) is 5.26. The number of aromatic nitrogens is 2. The predicted octanol–water partition coefficient (Wildman–Crippen LogP) is 3.54. The second kappa shape index (κ2) is 8.15. The first kappa shape index (κ1) is 17.5. The molecule has 0 spiro atoms. The van der Waals surface area contributed by atoms with Crippen molar-refractivity contribution >= 4 is 6.29 Å². The molecule has 1 aromatic heterocycles. The van der Waals surface area contributed by atoms with Crippen molar-refractivity contribution in [3.05, 3.63) is 53.9 Å². The van der Waals surface area contributed by atoms with E-state index in [-0.39, 0.29) is 6.61 Å². The van der Waals surface area contributed by atoms with E-state index in [4.69, 9.17) is 18.7 Å². The summed E-state index contributed by atoms with van der Waals surface area (Å²) in [5.41, 5.74) is 1.25. The van der Waals surface area contributed by atoms with Gasteiger partial charge >= 0.3 is 0 Å². The van der Waals surface area contributed by atoms with Crippen LogP contribution in [0.2, 0.25) is 0 Å². The zero-order valence-corrected chi connectivity index (χ0v) is 14.5. The highest BCUT2D eigenvalue weighted by Crippen LogP contribution is 2.30. The summed E-state index contributed by atoms with van der Waals surface area (Å²) in [5.74, 6) is 2.36. The van der Waals surface area contributed by atoms with Crippen molar-refractivity contribution in [2.75, 3.05) is 13.7 Å². The van der Waals surface area contributed by atoms with Crippen LogP contribution in [0, 0.1) is 0 Å². The Kier molecular flexibility index (Phi) is 5.48. The van der Waals surface area contributed by atoms with Gasteiger partial charge in [0.05, 0.1) is 19.3 Å². The SMILES string of the molecule is CCOc1ccccc1-c1noc(COc2ccc(C=O)cc2OC)n1. The van der Waals surface area contributed by atoms with E-state index in [1.54, 1.807) is 18.2 Å². The smallest absolute Gasteiger partial charge is 0.264 e. The lowest BCUT2D eigenvalue weighted by Gasteiger charge is -2.09. The topological polar surface area (TPSA) is 83.7 Å². The molecule has 2 aromatic carbocycles. The van der Waals surface area contributed by atoms with Crippen LogP contribution in [0.25, 0.3) is 11.4 Å². The summed E-state index contributed by atoms with van der Waals surface area (Å²) in [4.78, 5) is 15.2. The number of carbonyl (C=O) groups is 1. The number of benzene rings is 2. The molecule has 0 bridgehead atoms. The van der Waals surface area contributed by atoms with Crippen molar-refractivity contribution in [3.63, 3.8) is 0 Å². The summed E-state index contributed by atoms with van der Waals surface area (Å²) in [5, 5.41) is 3.99. The average molecular weight is 354 g/mol. The van der Waals surface area contributed by atoms with E-state index < -0.39 is 0 Å². The summed E-state index contributed by atoms with van der Waals surface area (Å²) >= 11 is 0. The average Bonchev–Trinajstić information content (AvgIpc) is 3.15. The Labute approximate surface area is 150 Å². The van der Waals surface area contributed by atoms with E-state index in [2.05, 4.69) is 10.1 Å². The zero-order valence-electron chi connectivity index (χ0n) is 14.5.